The lowest BCUT2D eigenvalue weighted by atomic mass is 10.0. The summed E-state index contributed by atoms with van der Waals surface area (Å²) in [5.41, 5.74) is 0. The molecule has 1 aliphatic heterocycles. The Morgan fingerprint density at radius 1 is 1.67 bits per heavy atom. The van der Waals surface area contributed by atoms with Gasteiger partial charge in [-0.1, -0.05) is 0 Å². The van der Waals surface area contributed by atoms with Crippen LogP contribution in [-0.4, -0.2) is 41.6 Å². The average molecular weight is 299 g/mol. The fraction of sp³-hybridized carbons (Fsp3) is 0.714. The minimum atomic E-state index is -0.529. The maximum absolute atomic E-state index is 12.0. The highest BCUT2D eigenvalue weighted by atomic mass is 19.1. The summed E-state index contributed by atoms with van der Waals surface area (Å²) in [6.45, 7) is 3.07. The van der Waals surface area contributed by atoms with Crippen LogP contribution in [0.25, 0.3) is 0 Å². The highest BCUT2D eigenvalue weighted by Crippen LogP contribution is 2.27. The smallest absolute Gasteiger partial charge is 0.407 e. The number of alkyl halides is 1. The number of hydrogen-bond acceptors (Lipinski definition) is 4. The van der Waals surface area contributed by atoms with Crippen molar-refractivity contribution in [2.45, 2.75) is 44.9 Å². The summed E-state index contributed by atoms with van der Waals surface area (Å²) >= 11 is 0. The van der Waals surface area contributed by atoms with Crippen molar-refractivity contribution in [1.82, 2.24) is 14.9 Å². The molecular weight excluding hydrogens is 277 g/mol. The molecule has 0 radical (unpaired) electrons. The molecule has 0 spiro atoms. The Morgan fingerprint density at radius 3 is 3.29 bits per heavy atom. The number of imidazole rings is 1. The summed E-state index contributed by atoms with van der Waals surface area (Å²) in [5, 5.41) is 2.81. The van der Waals surface area contributed by atoms with E-state index in [1.807, 2.05) is 17.7 Å². The first kappa shape index (κ1) is 15.8. The molecule has 0 aliphatic carbocycles. The van der Waals surface area contributed by atoms with Crippen LogP contribution in [0.4, 0.5) is 9.18 Å². The van der Waals surface area contributed by atoms with Crippen molar-refractivity contribution < 1.29 is 18.7 Å². The third-order valence-electron chi connectivity index (χ3n) is 3.48. The van der Waals surface area contributed by atoms with Crippen LogP contribution < -0.4 is 5.32 Å². The molecule has 2 rings (SSSR count). The van der Waals surface area contributed by atoms with Crippen molar-refractivity contribution in [3.63, 3.8) is 0 Å². The van der Waals surface area contributed by atoms with E-state index in [-0.39, 0.29) is 25.2 Å². The van der Waals surface area contributed by atoms with E-state index in [4.69, 9.17) is 9.47 Å². The van der Waals surface area contributed by atoms with Crippen molar-refractivity contribution in [2.24, 2.45) is 0 Å². The van der Waals surface area contributed by atoms with Gasteiger partial charge in [0, 0.05) is 32.0 Å². The maximum atomic E-state index is 12.0. The van der Waals surface area contributed by atoms with Gasteiger partial charge in [0.25, 0.3) is 0 Å². The van der Waals surface area contributed by atoms with E-state index in [2.05, 4.69) is 10.3 Å². The molecular formula is C14H22FN3O3. The van der Waals surface area contributed by atoms with E-state index >= 15 is 0 Å². The van der Waals surface area contributed by atoms with Crippen molar-refractivity contribution in [2.75, 3.05) is 19.9 Å². The first-order valence-corrected chi connectivity index (χ1v) is 7.38. The normalized spacial score (nSPS) is 22.0. The first-order valence-electron chi connectivity index (χ1n) is 7.38. The standard InChI is InChI=1S/C14H22FN3O3/c1-2-18-8-7-16-13(18)12-11(5-3-9-20-12)17-14(19)21-10-4-6-15/h7-8,11-12H,2-6,9-10H2,1H3,(H,17,19)/t11-,12-/m1/s1. The van der Waals surface area contributed by atoms with E-state index in [9.17, 15) is 9.18 Å². The molecule has 1 aromatic rings. The fourth-order valence-corrected chi connectivity index (χ4v) is 2.44. The Morgan fingerprint density at radius 2 is 2.52 bits per heavy atom. The molecule has 0 aromatic carbocycles. The number of rotatable bonds is 6. The summed E-state index contributed by atoms with van der Waals surface area (Å²) in [6.07, 6.45) is 4.72. The molecule has 1 aliphatic rings. The molecule has 21 heavy (non-hydrogen) atoms. The molecule has 118 valence electrons. The molecule has 1 saturated heterocycles. The van der Waals surface area contributed by atoms with Gasteiger partial charge in [0.2, 0.25) is 0 Å². The zero-order valence-corrected chi connectivity index (χ0v) is 12.3. The molecule has 0 unspecified atom stereocenters. The van der Waals surface area contributed by atoms with Gasteiger partial charge >= 0.3 is 6.09 Å². The van der Waals surface area contributed by atoms with Gasteiger partial charge < -0.3 is 19.4 Å². The first-order chi connectivity index (χ1) is 10.3. The number of nitrogens with one attached hydrogen (secondary N) is 1. The molecule has 7 heteroatoms. The van der Waals surface area contributed by atoms with E-state index in [0.717, 1.165) is 25.2 Å². The Labute approximate surface area is 123 Å². The van der Waals surface area contributed by atoms with Crippen LogP contribution in [0.15, 0.2) is 12.4 Å². The number of nitrogens with zero attached hydrogens (tertiary/aromatic N) is 2. The molecule has 2 heterocycles. The summed E-state index contributed by atoms with van der Waals surface area (Å²) in [6, 6.07) is -0.177. The molecule has 6 nitrogen and oxygen atoms in total. The molecule has 1 aromatic heterocycles. The third-order valence-corrected chi connectivity index (χ3v) is 3.48. The van der Waals surface area contributed by atoms with E-state index in [1.165, 1.54) is 0 Å². The van der Waals surface area contributed by atoms with Crippen LogP contribution in [0.2, 0.25) is 0 Å². The Hall–Kier alpha value is -1.63. The van der Waals surface area contributed by atoms with Crippen molar-refractivity contribution in [3.8, 4) is 0 Å². The Bertz CT molecular complexity index is 452. The summed E-state index contributed by atoms with van der Waals surface area (Å²) in [4.78, 5) is 16.1. The van der Waals surface area contributed by atoms with Crippen molar-refractivity contribution in [3.05, 3.63) is 18.2 Å². The van der Waals surface area contributed by atoms with Crippen LogP contribution in [-0.2, 0) is 16.0 Å². The van der Waals surface area contributed by atoms with Crippen molar-refractivity contribution in [1.29, 1.82) is 0 Å². The van der Waals surface area contributed by atoms with Crippen molar-refractivity contribution >= 4 is 6.09 Å². The number of aromatic nitrogens is 2. The van der Waals surface area contributed by atoms with Crippen LogP contribution >= 0.6 is 0 Å². The highest BCUT2D eigenvalue weighted by Gasteiger charge is 2.32. The van der Waals surface area contributed by atoms with E-state index in [1.54, 1.807) is 6.20 Å². The summed E-state index contributed by atoms with van der Waals surface area (Å²) in [5.74, 6) is 0.811. The number of carbonyl (C=O) groups excluding carboxylic acids is 1. The Kier molecular flexibility index (Phi) is 5.98. The second kappa shape index (κ2) is 7.97. The van der Waals surface area contributed by atoms with Gasteiger partial charge in [-0.15, -0.1) is 0 Å². The van der Waals surface area contributed by atoms with Crippen LogP contribution in [0.5, 0.6) is 0 Å². The summed E-state index contributed by atoms with van der Waals surface area (Å²) < 4.78 is 24.7. The summed E-state index contributed by atoms with van der Waals surface area (Å²) in [7, 11) is 0. The number of carbonyl (C=O) groups is 1. The predicted octanol–water partition coefficient (Wildman–Crippen LogP) is 2.21. The quantitative estimate of drug-likeness (QED) is 0.818. The number of alkyl carbamates (subject to hydrolysis) is 1. The minimum absolute atomic E-state index is 0.0875. The monoisotopic (exact) mass is 299 g/mol. The zero-order chi connectivity index (χ0) is 15.1. The molecule has 1 amide bonds. The number of hydrogen-bond donors (Lipinski definition) is 1. The largest absolute Gasteiger partial charge is 0.449 e. The van der Waals surface area contributed by atoms with Gasteiger partial charge in [-0.25, -0.2) is 9.78 Å². The number of amides is 1. The molecule has 2 atom stereocenters. The number of aryl methyl sites for hydroxylation is 1. The number of ether oxygens (including phenoxy) is 2. The molecule has 0 saturated carbocycles. The van der Waals surface area contributed by atoms with Crippen LogP contribution in [0.3, 0.4) is 0 Å². The zero-order valence-electron chi connectivity index (χ0n) is 12.3. The Balaban J connectivity index is 1.97. The van der Waals surface area contributed by atoms with Gasteiger partial charge in [-0.3, -0.25) is 4.39 Å². The van der Waals surface area contributed by atoms with Gasteiger partial charge in [0.1, 0.15) is 11.9 Å². The number of halogens is 1. The predicted molar refractivity (Wildman–Crippen MR) is 74.7 cm³/mol. The lowest BCUT2D eigenvalue weighted by molar-refractivity contribution is -0.0176. The SMILES string of the molecule is CCn1ccnc1[C@@H]1OCCC[C@H]1NC(=O)OCCCF. The lowest BCUT2D eigenvalue weighted by Gasteiger charge is -2.31. The molecule has 1 N–H and O–H groups in total. The highest BCUT2D eigenvalue weighted by molar-refractivity contribution is 5.67. The topological polar surface area (TPSA) is 65.4 Å². The minimum Gasteiger partial charge on any atom is -0.449 e. The van der Waals surface area contributed by atoms with Gasteiger partial charge in [-0.2, -0.15) is 0 Å². The van der Waals surface area contributed by atoms with E-state index in [0.29, 0.717) is 6.61 Å². The van der Waals surface area contributed by atoms with Gasteiger partial charge in [-0.05, 0) is 19.8 Å². The van der Waals surface area contributed by atoms with Crippen LogP contribution in [0.1, 0.15) is 38.1 Å². The maximum Gasteiger partial charge on any atom is 0.407 e. The second-order valence-electron chi connectivity index (χ2n) is 4.93. The third kappa shape index (κ3) is 4.17. The van der Waals surface area contributed by atoms with Crippen LogP contribution in [0, 0.1) is 0 Å². The van der Waals surface area contributed by atoms with Gasteiger partial charge in [0.05, 0.1) is 19.3 Å². The average Bonchev–Trinajstić information content (AvgIpc) is 2.96. The lowest BCUT2D eigenvalue weighted by Crippen LogP contribution is -2.43. The molecule has 0 bridgehead atoms. The second-order valence-corrected chi connectivity index (χ2v) is 4.93. The van der Waals surface area contributed by atoms with E-state index < -0.39 is 12.8 Å². The molecule has 1 fully saturated rings. The fourth-order valence-electron chi connectivity index (χ4n) is 2.44. The van der Waals surface area contributed by atoms with Gasteiger partial charge in [0.15, 0.2) is 0 Å².